The van der Waals surface area contributed by atoms with E-state index in [-0.39, 0.29) is 0 Å². The number of rotatable bonds is 1. The summed E-state index contributed by atoms with van der Waals surface area (Å²) in [5.74, 6) is 0. The highest BCUT2D eigenvalue weighted by atomic mass is 35.5. The van der Waals surface area contributed by atoms with Crippen molar-refractivity contribution in [1.82, 2.24) is 0 Å². The van der Waals surface area contributed by atoms with E-state index in [1.807, 2.05) is 25.9 Å². The molecule has 0 amide bonds. The third kappa shape index (κ3) is 1.35. The summed E-state index contributed by atoms with van der Waals surface area (Å²) in [5.41, 5.74) is 2.37. The first-order valence-corrected chi connectivity index (χ1v) is 3.68. The van der Waals surface area contributed by atoms with Gasteiger partial charge in [-0.3, -0.25) is 0 Å². The fraction of sp³-hybridized carbons (Fsp3) is 0.250. The minimum atomic E-state index is 0.843. The quantitative estimate of drug-likeness (QED) is 0.539. The normalized spacial score (nSPS) is 9.50. The number of benzene rings is 1. The molecular formula is C8H9BCl. The third-order valence-corrected chi connectivity index (χ3v) is 2.03. The molecule has 2 heteroatoms. The van der Waals surface area contributed by atoms with E-state index in [0.717, 1.165) is 10.6 Å². The SMILES string of the molecule is C[B]c1cccc(Cl)c1C. The van der Waals surface area contributed by atoms with E-state index in [1.165, 1.54) is 5.46 Å². The number of hydrogen-bond donors (Lipinski definition) is 0. The second-order valence-electron chi connectivity index (χ2n) is 2.24. The molecule has 0 saturated carbocycles. The Kier molecular flexibility index (Phi) is 2.39. The lowest BCUT2D eigenvalue weighted by molar-refractivity contribution is 1.51. The Labute approximate surface area is 67.5 Å². The van der Waals surface area contributed by atoms with Gasteiger partial charge < -0.3 is 0 Å². The Hall–Kier alpha value is -0.425. The van der Waals surface area contributed by atoms with Gasteiger partial charge in [-0.15, -0.1) is 0 Å². The fourth-order valence-electron chi connectivity index (χ4n) is 0.937. The van der Waals surface area contributed by atoms with Crippen LogP contribution in [0.1, 0.15) is 5.56 Å². The summed E-state index contributed by atoms with van der Waals surface area (Å²) in [6, 6.07) is 5.93. The van der Waals surface area contributed by atoms with Gasteiger partial charge in [-0.25, -0.2) is 0 Å². The van der Waals surface area contributed by atoms with Crippen LogP contribution in [0.3, 0.4) is 0 Å². The number of halogens is 1. The highest BCUT2D eigenvalue weighted by Crippen LogP contribution is 2.10. The predicted octanol–water partition coefficient (Wildman–Crippen LogP) is 2.03. The van der Waals surface area contributed by atoms with Gasteiger partial charge in [-0.2, -0.15) is 0 Å². The van der Waals surface area contributed by atoms with Gasteiger partial charge in [0.15, 0.2) is 0 Å². The molecule has 0 fully saturated rings. The van der Waals surface area contributed by atoms with Crippen molar-refractivity contribution in [3.8, 4) is 0 Å². The Bertz CT molecular complexity index is 233. The summed E-state index contributed by atoms with van der Waals surface area (Å²) in [7, 11) is 2.06. The van der Waals surface area contributed by atoms with Crippen LogP contribution in [0.4, 0.5) is 0 Å². The molecule has 0 saturated heterocycles. The Morgan fingerprint density at radius 2 is 2.10 bits per heavy atom. The fourth-order valence-corrected chi connectivity index (χ4v) is 1.12. The van der Waals surface area contributed by atoms with Crippen LogP contribution >= 0.6 is 11.6 Å². The maximum atomic E-state index is 5.87. The van der Waals surface area contributed by atoms with Gasteiger partial charge in [-0.05, 0) is 18.6 Å². The van der Waals surface area contributed by atoms with E-state index in [2.05, 4.69) is 13.3 Å². The van der Waals surface area contributed by atoms with Crippen molar-refractivity contribution in [2.24, 2.45) is 0 Å². The second-order valence-corrected chi connectivity index (χ2v) is 2.65. The van der Waals surface area contributed by atoms with Gasteiger partial charge in [0.05, 0.1) is 0 Å². The second kappa shape index (κ2) is 3.11. The molecule has 1 radical (unpaired) electrons. The molecule has 0 aliphatic rings. The summed E-state index contributed by atoms with van der Waals surface area (Å²) < 4.78 is 0. The van der Waals surface area contributed by atoms with E-state index >= 15 is 0 Å². The third-order valence-electron chi connectivity index (χ3n) is 1.62. The standard InChI is InChI=1S/C8H9BCl/c1-6-7(9-2)4-3-5-8(6)10/h3-5H,1-2H3. The van der Waals surface area contributed by atoms with Crippen LogP contribution in [0.5, 0.6) is 0 Å². The van der Waals surface area contributed by atoms with Gasteiger partial charge in [0.1, 0.15) is 7.28 Å². The van der Waals surface area contributed by atoms with Gasteiger partial charge in [0.25, 0.3) is 0 Å². The van der Waals surface area contributed by atoms with Crippen molar-refractivity contribution in [1.29, 1.82) is 0 Å². The van der Waals surface area contributed by atoms with E-state index in [0.29, 0.717) is 0 Å². The summed E-state index contributed by atoms with van der Waals surface area (Å²) in [6.07, 6.45) is 0. The van der Waals surface area contributed by atoms with Crippen LogP contribution in [0.15, 0.2) is 18.2 Å². The average Bonchev–Trinajstić information content (AvgIpc) is 1.95. The molecule has 0 aliphatic heterocycles. The predicted molar refractivity (Wildman–Crippen MR) is 47.4 cm³/mol. The largest absolute Gasteiger partial charge is 0.148 e. The van der Waals surface area contributed by atoms with E-state index in [9.17, 15) is 0 Å². The Morgan fingerprint density at radius 3 is 2.60 bits per heavy atom. The molecule has 0 nitrogen and oxygen atoms in total. The van der Waals surface area contributed by atoms with Crippen molar-refractivity contribution in [3.05, 3.63) is 28.8 Å². The molecular weight excluding hydrogens is 142 g/mol. The molecule has 0 heterocycles. The van der Waals surface area contributed by atoms with Crippen molar-refractivity contribution in [3.63, 3.8) is 0 Å². The average molecular weight is 151 g/mol. The lowest BCUT2D eigenvalue weighted by atomic mass is 9.71. The minimum absolute atomic E-state index is 0.843. The van der Waals surface area contributed by atoms with Crippen LogP contribution in [0, 0.1) is 6.92 Å². The lowest BCUT2D eigenvalue weighted by Crippen LogP contribution is -2.13. The van der Waals surface area contributed by atoms with Crippen molar-refractivity contribution < 1.29 is 0 Å². The molecule has 1 aromatic carbocycles. The first-order valence-electron chi connectivity index (χ1n) is 3.30. The van der Waals surface area contributed by atoms with Gasteiger partial charge in [-0.1, -0.05) is 36.0 Å². The molecule has 0 spiro atoms. The Morgan fingerprint density at radius 1 is 1.40 bits per heavy atom. The first-order chi connectivity index (χ1) is 4.75. The molecule has 0 aliphatic carbocycles. The smallest absolute Gasteiger partial charge is 0.0872 e. The summed E-state index contributed by atoms with van der Waals surface area (Å²) in [5, 5.41) is 0.843. The zero-order chi connectivity index (χ0) is 7.56. The highest BCUT2D eigenvalue weighted by molar-refractivity contribution is 6.53. The van der Waals surface area contributed by atoms with E-state index < -0.39 is 0 Å². The van der Waals surface area contributed by atoms with E-state index in [4.69, 9.17) is 11.6 Å². The molecule has 1 aromatic rings. The number of hydrogen-bond acceptors (Lipinski definition) is 0. The lowest BCUT2D eigenvalue weighted by Gasteiger charge is -2.02. The topological polar surface area (TPSA) is 0 Å². The maximum Gasteiger partial charge on any atom is 0.148 e. The van der Waals surface area contributed by atoms with Crippen LogP contribution in [0.25, 0.3) is 0 Å². The zero-order valence-electron chi connectivity index (χ0n) is 6.19. The Balaban J connectivity index is 3.14. The minimum Gasteiger partial charge on any atom is -0.0872 e. The zero-order valence-corrected chi connectivity index (χ0v) is 6.94. The van der Waals surface area contributed by atoms with Gasteiger partial charge in [0.2, 0.25) is 0 Å². The highest BCUT2D eigenvalue weighted by Gasteiger charge is 1.98. The summed E-state index contributed by atoms with van der Waals surface area (Å²) in [6.45, 7) is 4.04. The molecule has 0 unspecified atom stereocenters. The first kappa shape index (κ1) is 7.68. The molecule has 0 aromatic heterocycles. The summed E-state index contributed by atoms with van der Waals surface area (Å²) >= 11 is 5.87. The van der Waals surface area contributed by atoms with Crippen molar-refractivity contribution in [2.75, 3.05) is 0 Å². The summed E-state index contributed by atoms with van der Waals surface area (Å²) in [4.78, 5) is 0. The van der Waals surface area contributed by atoms with Crippen LogP contribution in [0.2, 0.25) is 11.8 Å². The van der Waals surface area contributed by atoms with Crippen LogP contribution in [-0.4, -0.2) is 7.28 Å². The van der Waals surface area contributed by atoms with Crippen molar-refractivity contribution >= 4 is 24.3 Å². The molecule has 1 rings (SSSR count). The van der Waals surface area contributed by atoms with Gasteiger partial charge in [0, 0.05) is 5.02 Å². The molecule has 0 bridgehead atoms. The van der Waals surface area contributed by atoms with Crippen molar-refractivity contribution in [2.45, 2.75) is 13.7 Å². The van der Waals surface area contributed by atoms with Gasteiger partial charge >= 0.3 is 0 Å². The monoisotopic (exact) mass is 151 g/mol. The van der Waals surface area contributed by atoms with Crippen LogP contribution < -0.4 is 5.46 Å². The molecule has 0 atom stereocenters. The maximum absolute atomic E-state index is 5.87. The molecule has 10 heavy (non-hydrogen) atoms. The molecule has 51 valence electrons. The molecule has 0 N–H and O–H groups in total. The van der Waals surface area contributed by atoms with Crippen LogP contribution in [-0.2, 0) is 0 Å². The van der Waals surface area contributed by atoms with E-state index in [1.54, 1.807) is 0 Å².